The molecular weight excluding hydrogens is 220 g/mol. The van der Waals surface area contributed by atoms with Gasteiger partial charge < -0.3 is 10.1 Å². The minimum atomic E-state index is 0.658. The monoisotopic (exact) mass is 246 g/mol. The van der Waals surface area contributed by atoms with Crippen molar-refractivity contribution in [2.75, 3.05) is 45.6 Å². The van der Waals surface area contributed by atoms with E-state index in [0.29, 0.717) is 6.04 Å². The van der Waals surface area contributed by atoms with Crippen LogP contribution in [-0.2, 0) is 4.74 Å². The van der Waals surface area contributed by atoms with Gasteiger partial charge in [-0.05, 0) is 19.9 Å². The molecule has 2 unspecified atom stereocenters. The summed E-state index contributed by atoms with van der Waals surface area (Å²) in [7, 11) is 1.76. The molecule has 0 aromatic carbocycles. The highest BCUT2D eigenvalue weighted by Gasteiger charge is 2.20. The Kier molecular flexibility index (Phi) is 7.45. The van der Waals surface area contributed by atoms with Crippen LogP contribution in [0.4, 0.5) is 0 Å². The molecule has 16 heavy (non-hydrogen) atoms. The number of hydrogen-bond donors (Lipinski definition) is 1. The first-order valence-corrected chi connectivity index (χ1v) is 7.34. The number of nitrogens with one attached hydrogen (secondary N) is 1. The molecule has 0 spiro atoms. The molecule has 0 bridgehead atoms. The molecule has 1 saturated heterocycles. The van der Waals surface area contributed by atoms with Crippen molar-refractivity contribution in [1.82, 2.24) is 10.2 Å². The number of nitrogens with zero attached hydrogens (tertiary/aromatic N) is 1. The highest BCUT2D eigenvalue weighted by Crippen LogP contribution is 2.19. The first-order chi connectivity index (χ1) is 7.74. The standard InChI is InChI=1S/C12H26N2OS/c1-11(9-13-5-4-7-15-3)14-6-8-16-12(2)10-14/h11-13H,4-10H2,1-3H3. The Morgan fingerprint density at radius 3 is 3.06 bits per heavy atom. The third kappa shape index (κ3) is 5.53. The van der Waals surface area contributed by atoms with Crippen LogP contribution in [0.5, 0.6) is 0 Å². The maximum atomic E-state index is 5.03. The van der Waals surface area contributed by atoms with Crippen molar-refractivity contribution >= 4 is 11.8 Å². The van der Waals surface area contributed by atoms with Gasteiger partial charge in [0, 0.05) is 50.4 Å². The first-order valence-electron chi connectivity index (χ1n) is 6.29. The van der Waals surface area contributed by atoms with E-state index in [2.05, 4.69) is 35.8 Å². The Labute approximate surface area is 104 Å². The zero-order valence-corrected chi connectivity index (χ0v) is 11.7. The normalized spacial score (nSPS) is 24.6. The van der Waals surface area contributed by atoms with Crippen LogP contribution in [0.1, 0.15) is 20.3 Å². The van der Waals surface area contributed by atoms with Crippen molar-refractivity contribution in [1.29, 1.82) is 0 Å². The summed E-state index contributed by atoms with van der Waals surface area (Å²) in [5, 5.41) is 4.30. The summed E-state index contributed by atoms with van der Waals surface area (Å²) >= 11 is 2.10. The molecule has 0 radical (unpaired) electrons. The van der Waals surface area contributed by atoms with Crippen LogP contribution >= 0.6 is 11.8 Å². The van der Waals surface area contributed by atoms with E-state index < -0.39 is 0 Å². The fourth-order valence-electron chi connectivity index (χ4n) is 2.03. The Balaban J connectivity index is 2.06. The Bertz CT molecular complexity index is 180. The molecule has 0 aliphatic carbocycles. The topological polar surface area (TPSA) is 24.5 Å². The van der Waals surface area contributed by atoms with Crippen LogP contribution in [0, 0.1) is 0 Å². The molecule has 0 aromatic heterocycles. The first kappa shape index (κ1) is 14.3. The molecule has 0 saturated carbocycles. The van der Waals surface area contributed by atoms with Crippen LogP contribution in [0.3, 0.4) is 0 Å². The number of rotatable bonds is 7. The van der Waals surface area contributed by atoms with E-state index in [1.807, 2.05) is 0 Å². The van der Waals surface area contributed by atoms with Crippen LogP contribution in [0.2, 0.25) is 0 Å². The molecule has 0 amide bonds. The van der Waals surface area contributed by atoms with E-state index in [4.69, 9.17) is 4.74 Å². The van der Waals surface area contributed by atoms with Gasteiger partial charge in [-0.3, -0.25) is 4.90 Å². The summed E-state index contributed by atoms with van der Waals surface area (Å²) in [6.45, 7) is 10.2. The second-order valence-corrected chi connectivity index (χ2v) is 6.12. The van der Waals surface area contributed by atoms with Crippen LogP contribution in [0.15, 0.2) is 0 Å². The van der Waals surface area contributed by atoms with Gasteiger partial charge in [-0.1, -0.05) is 6.92 Å². The highest BCUT2D eigenvalue weighted by atomic mass is 32.2. The molecule has 1 rings (SSSR count). The Morgan fingerprint density at radius 2 is 2.38 bits per heavy atom. The molecule has 2 atom stereocenters. The second-order valence-electron chi connectivity index (χ2n) is 4.58. The lowest BCUT2D eigenvalue weighted by Gasteiger charge is -2.35. The average Bonchev–Trinajstić information content (AvgIpc) is 2.28. The van der Waals surface area contributed by atoms with Gasteiger partial charge in [0.05, 0.1) is 0 Å². The van der Waals surface area contributed by atoms with E-state index in [1.165, 1.54) is 18.8 Å². The second kappa shape index (κ2) is 8.34. The molecule has 3 nitrogen and oxygen atoms in total. The van der Waals surface area contributed by atoms with Crippen molar-refractivity contribution in [3.05, 3.63) is 0 Å². The zero-order valence-electron chi connectivity index (χ0n) is 10.9. The van der Waals surface area contributed by atoms with Gasteiger partial charge in [0.2, 0.25) is 0 Å². The van der Waals surface area contributed by atoms with Gasteiger partial charge >= 0.3 is 0 Å². The Morgan fingerprint density at radius 1 is 1.56 bits per heavy atom. The van der Waals surface area contributed by atoms with Gasteiger partial charge in [-0.15, -0.1) is 0 Å². The summed E-state index contributed by atoms with van der Waals surface area (Å²) in [4.78, 5) is 2.60. The highest BCUT2D eigenvalue weighted by molar-refractivity contribution is 7.99. The van der Waals surface area contributed by atoms with Crippen molar-refractivity contribution in [3.63, 3.8) is 0 Å². The SMILES string of the molecule is COCCCNCC(C)N1CCSC(C)C1. The minimum Gasteiger partial charge on any atom is -0.385 e. The van der Waals surface area contributed by atoms with Gasteiger partial charge in [-0.2, -0.15) is 11.8 Å². The molecular formula is C12H26N2OS. The van der Waals surface area contributed by atoms with E-state index in [1.54, 1.807) is 7.11 Å². The van der Waals surface area contributed by atoms with Crippen LogP contribution in [-0.4, -0.2) is 61.8 Å². The lowest BCUT2D eigenvalue weighted by Crippen LogP contribution is -2.46. The Hall–Kier alpha value is 0.230. The van der Waals surface area contributed by atoms with E-state index in [-0.39, 0.29) is 0 Å². The quantitative estimate of drug-likeness (QED) is 0.687. The minimum absolute atomic E-state index is 0.658. The van der Waals surface area contributed by atoms with E-state index in [0.717, 1.165) is 31.4 Å². The third-order valence-electron chi connectivity index (χ3n) is 3.04. The largest absolute Gasteiger partial charge is 0.385 e. The van der Waals surface area contributed by atoms with Gasteiger partial charge in [0.15, 0.2) is 0 Å². The molecule has 1 aliphatic rings. The van der Waals surface area contributed by atoms with Gasteiger partial charge in [0.1, 0.15) is 0 Å². The van der Waals surface area contributed by atoms with Crippen molar-refractivity contribution in [2.24, 2.45) is 0 Å². The van der Waals surface area contributed by atoms with Crippen molar-refractivity contribution in [3.8, 4) is 0 Å². The van der Waals surface area contributed by atoms with Gasteiger partial charge in [-0.25, -0.2) is 0 Å². The predicted molar refractivity (Wildman–Crippen MR) is 72.3 cm³/mol. The third-order valence-corrected chi connectivity index (χ3v) is 4.17. The lowest BCUT2D eigenvalue weighted by atomic mass is 10.2. The molecule has 1 aliphatic heterocycles. The molecule has 1 fully saturated rings. The summed E-state index contributed by atoms with van der Waals surface area (Å²) in [5.41, 5.74) is 0. The zero-order chi connectivity index (χ0) is 11.8. The van der Waals surface area contributed by atoms with E-state index in [9.17, 15) is 0 Å². The summed E-state index contributed by atoms with van der Waals surface area (Å²) in [6, 6.07) is 0.658. The molecule has 96 valence electrons. The van der Waals surface area contributed by atoms with Crippen LogP contribution in [0.25, 0.3) is 0 Å². The predicted octanol–water partition coefficient (Wildman–Crippen LogP) is 1.44. The molecule has 4 heteroatoms. The van der Waals surface area contributed by atoms with Crippen molar-refractivity contribution < 1.29 is 4.74 Å². The van der Waals surface area contributed by atoms with Crippen molar-refractivity contribution in [2.45, 2.75) is 31.6 Å². The summed E-state index contributed by atoms with van der Waals surface area (Å²) < 4.78 is 5.03. The smallest absolute Gasteiger partial charge is 0.0474 e. The molecule has 0 aromatic rings. The average molecular weight is 246 g/mol. The molecule has 1 heterocycles. The maximum absolute atomic E-state index is 5.03. The summed E-state index contributed by atoms with van der Waals surface area (Å²) in [6.07, 6.45) is 1.11. The van der Waals surface area contributed by atoms with E-state index >= 15 is 0 Å². The number of hydrogen-bond acceptors (Lipinski definition) is 4. The summed E-state index contributed by atoms with van der Waals surface area (Å²) in [5.74, 6) is 1.29. The fourth-order valence-corrected chi connectivity index (χ4v) is 3.07. The maximum Gasteiger partial charge on any atom is 0.0474 e. The number of methoxy groups -OCH3 is 1. The van der Waals surface area contributed by atoms with Crippen LogP contribution < -0.4 is 5.32 Å². The fraction of sp³-hybridized carbons (Fsp3) is 1.00. The molecule has 1 N–H and O–H groups in total. The number of thioether (sulfide) groups is 1. The number of ether oxygens (including phenoxy) is 1. The lowest BCUT2D eigenvalue weighted by molar-refractivity contribution is 0.189. The van der Waals surface area contributed by atoms with Gasteiger partial charge in [0.25, 0.3) is 0 Å².